The summed E-state index contributed by atoms with van der Waals surface area (Å²) in [6, 6.07) is 17.1. The summed E-state index contributed by atoms with van der Waals surface area (Å²) in [5.74, 6) is 0.615. The summed E-state index contributed by atoms with van der Waals surface area (Å²) in [4.78, 5) is 0. The van der Waals surface area contributed by atoms with E-state index in [4.69, 9.17) is 5.73 Å². The van der Waals surface area contributed by atoms with E-state index < -0.39 is 0 Å². The van der Waals surface area contributed by atoms with E-state index in [0.717, 1.165) is 0 Å². The summed E-state index contributed by atoms with van der Waals surface area (Å²) in [7, 11) is 0. The minimum absolute atomic E-state index is 0.0356. The lowest BCUT2D eigenvalue weighted by atomic mass is 9.94. The van der Waals surface area contributed by atoms with Crippen LogP contribution in [0.25, 0.3) is 0 Å². The molecular formula is C18H23N. The van der Waals surface area contributed by atoms with Gasteiger partial charge < -0.3 is 5.73 Å². The Morgan fingerprint density at radius 1 is 0.842 bits per heavy atom. The minimum Gasteiger partial charge on any atom is -0.320 e. The monoisotopic (exact) mass is 253 g/mol. The second-order valence-electron chi connectivity index (χ2n) is 5.36. The van der Waals surface area contributed by atoms with Crippen LogP contribution in [-0.4, -0.2) is 0 Å². The summed E-state index contributed by atoms with van der Waals surface area (Å²) in [5.41, 5.74) is 11.3. The van der Waals surface area contributed by atoms with Crippen molar-refractivity contribution in [2.75, 3.05) is 0 Å². The van der Waals surface area contributed by atoms with E-state index in [2.05, 4.69) is 69.3 Å². The van der Waals surface area contributed by atoms with Crippen LogP contribution < -0.4 is 5.73 Å². The molecule has 2 atom stereocenters. The maximum absolute atomic E-state index is 6.33. The van der Waals surface area contributed by atoms with Crippen LogP contribution in [0, 0.1) is 6.92 Å². The first kappa shape index (κ1) is 13.8. The zero-order chi connectivity index (χ0) is 13.8. The van der Waals surface area contributed by atoms with Crippen LogP contribution in [0.4, 0.5) is 0 Å². The van der Waals surface area contributed by atoms with Crippen LogP contribution >= 0.6 is 0 Å². The molecule has 0 amide bonds. The van der Waals surface area contributed by atoms with Crippen LogP contribution in [-0.2, 0) is 0 Å². The van der Waals surface area contributed by atoms with E-state index in [9.17, 15) is 0 Å². The van der Waals surface area contributed by atoms with Crippen LogP contribution in [0.1, 0.15) is 54.5 Å². The third-order valence-electron chi connectivity index (χ3n) is 3.91. The van der Waals surface area contributed by atoms with Crippen molar-refractivity contribution >= 4 is 0 Å². The van der Waals surface area contributed by atoms with E-state index in [1.165, 1.54) is 28.7 Å². The minimum atomic E-state index is -0.0356. The highest BCUT2D eigenvalue weighted by atomic mass is 14.6. The van der Waals surface area contributed by atoms with Gasteiger partial charge in [-0.25, -0.2) is 0 Å². The maximum atomic E-state index is 6.33. The molecule has 0 fully saturated rings. The molecule has 0 saturated heterocycles. The van der Waals surface area contributed by atoms with Gasteiger partial charge in [-0.1, -0.05) is 67.9 Å². The Bertz CT molecular complexity index is 510. The molecule has 0 heterocycles. The van der Waals surface area contributed by atoms with Crippen molar-refractivity contribution in [3.63, 3.8) is 0 Å². The molecule has 2 rings (SSSR count). The predicted molar refractivity (Wildman–Crippen MR) is 82.4 cm³/mol. The molecular weight excluding hydrogens is 230 g/mol. The van der Waals surface area contributed by atoms with Crippen molar-refractivity contribution in [3.8, 4) is 0 Å². The van der Waals surface area contributed by atoms with Gasteiger partial charge in [0.1, 0.15) is 0 Å². The number of nitrogens with two attached hydrogens (primary N) is 1. The molecule has 2 N–H and O–H groups in total. The first-order valence-corrected chi connectivity index (χ1v) is 7.03. The topological polar surface area (TPSA) is 26.0 Å². The second-order valence-corrected chi connectivity index (χ2v) is 5.36. The van der Waals surface area contributed by atoms with Gasteiger partial charge in [-0.15, -0.1) is 0 Å². The van der Waals surface area contributed by atoms with Gasteiger partial charge in [0.25, 0.3) is 0 Å². The van der Waals surface area contributed by atoms with Crippen LogP contribution in [0.2, 0.25) is 0 Å². The molecule has 2 aromatic rings. The molecule has 1 heteroatoms. The molecule has 0 spiro atoms. The van der Waals surface area contributed by atoms with Crippen molar-refractivity contribution in [2.45, 2.75) is 39.2 Å². The molecule has 0 aliphatic heterocycles. The first-order chi connectivity index (χ1) is 9.11. The van der Waals surface area contributed by atoms with Crippen molar-refractivity contribution in [1.82, 2.24) is 0 Å². The average Bonchev–Trinajstić information content (AvgIpc) is 2.46. The van der Waals surface area contributed by atoms with E-state index in [1.807, 2.05) is 0 Å². The van der Waals surface area contributed by atoms with E-state index in [-0.39, 0.29) is 6.04 Å². The Hall–Kier alpha value is -1.60. The zero-order valence-corrected chi connectivity index (χ0v) is 12.1. The lowest BCUT2D eigenvalue weighted by molar-refractivity contribution is 0.732. The molecule has 0 radical (unpaired) electrons. The summed E-state index contributed by atoms with van der Waals surface area (Å²) in [6.45, 7) is 6.57. The quantitative estimate of drug-likeness (QED) is 0.849. The van der Waals surface area contributed by atoms with Gasteiger partial charge in [0.2, 0.25) is 0 Å². The van der Waals surface area contributed by atoms with E-state index >= 15 is 0 Å². The van der Waals surface area contributed by atoms with Crippen molar-refractivity contribution in [3.05, 3.63) is 70.8 Å². The Morgan fingerprint density at radius 3 is 1.74 bits per heavy atom. The third-order valence-corrected chi connectivity index (χ3v) is 3.91. The molecule has 0 bridgehead atoms. The standard InChI is InChI=1S/C18H23N/c1-4-14(3)15-9-11-17(12-10-15)18(19)16-7-5-13(2)6-8-16/h5-12,14,18H,4,19H2,1-3H3. The number of hydrogen-bond donors (Lipinski definition) is 1. The van der Waals surface area contributed by atoms with Crippen LogP contribution in [0.15, 0.2) is 48.5 Å². The summed E-state index contributed by atoms with van der Waals surface area (Å²) >= 11 is 0. The third kappa shape index (κ3) is 3.24. The van der Waals surface area contributed by atoms with Gasteiger partial charge >= 0.3 is 0 Å². The molecule has 0 saturated carbocycles. The van der Waals surface area contributed by atoms with Crippen molar-refractivity contribution < 1.29 is 0 Å². The highest BCUT2D eigenvalue weighted by molar-refractivity contribution is 5.35. The van der Waals surface area contributed by atoms with Gasteiger partial charge in [0.05, 0.1) is 6.04 Å². The largest absolute Gasteiger partial charge is 0.320 e. The number of rotatable bonds is 4. The fourth-order valence-corrected chi connectivity index (χ4v) is 2.23. The highest BCUT2D eigenvalue weighted by Gasteiger charge is 2.09. The molecule has 0 aliphatic carbocycles. The highest BCUT2D eigenvalue weighted by Crippen LogP contribution is 2.23. The van der Waals surface area contributed by atoms with Gasteiger partial charge in [0.15, 0.2) is 0 Å². The fraction of sp³-hybridized carbons (Fsp3) is 0.333. The summed E-state index contributed by atoms with van der Waals surface area (Å²) < 4.78 is 0. The smallest absolute Gasteiger partial charge is 0.0551 e. The lowest BCUT2D eigenvalue weighted by Crippen LogP contribution is -2.11. The molecule has 19 heavy (non-hydrogen) atoms. The number of aryl methyl sites for hydroxylation is 1. The zero-order valence-electron chi connectivity index (χ0n) is 12.1. The van der Waals surface area contributed by atoms with Gasteiger partial charge in [-0.2, -0.15) is 0 Å². The Labute approximate surface area is 116 Å². The average molecular weight is 253 g/mol. The molecule has 0 aromatic heterocycles. The molecule has 0 aliphatic rings. The first-order valence-electron chi connectivity index (χ1n) is 7.03. The predicted octanol–water partition coefficient (Wildman–Crippen LogP) is 4.56. The van der Waals surface area contributed by atoms with E-state index in [1.54, 1.807) is 0 Å². The summed E-state index contributed by atoms with van der Waals surface area (Å²) in [6.07, 6.45) is 1.17. The molecule has 1 nitrogen and oxygen atoms in total. The second kappa shape index (κ2) is 6.03. The van der Waals surface area contributed by atoms with Crippen molar-refractivity contribution in [2.24, 2.45) is 5.73 Å². The Kier molecular flexibility index (Phi) is 4.39. The molecule has 2 aromatic carbocycles. The Balaban J connectivity index is 2.19. The van der Waals surface area contributed by atoms with Crippen molar-refractivity contribution in [1.29, 1.82) is 0 Å². The fourth-order valence-electron chi connectivity index (χ4n) is 2.23. The number of benzene rings is 2. The normalized spacial score (nSPS) is 14.1. The van der Waals surface area contributed by atoms with Gasteiger partial charge in [-0.3, -0.25) is 0 Å². The van der Waals surface area contributed by atoms with E-state index in [0.29, 0.717) is 5.92 Å². The molecule has 2 unspecified atom stereocenters. The van der Waals surface area contributed by atoms with Crippen LogP contribution in [0.3, 0.4) is 0 Å². The SMILES string of the molecule is CCC(C)c1ccc(C(N)c2ccc(C)cc2)cc1. The lowest BCUT2D eigenvalue weighted by Gasteiger charge is -2.15. The van der Waals surface area contributed by atoms with Gasteiger partial charge in [0, 0.05) is 0 Å². The maximum Gasteiger partial charge on any atom is 0.0551 e. The number of hydrogen-bond acceptors (Lipinski definition) is 1. The molecule has 100 valence electrons. The van der Waals surface area contributed by atoms with Crippen LogP contribution in [0.5, 0.6) is 0 Å². The Morgan fingerprint density at radius 2 is 1.26 bits per heavy atom. The summed E-state index contributed by atoms with van der Waals surface area (Å²) in [5, 5.41) is 0. The van der Waals surface area contributed by atoms with Gasteiger partial charge in [-0.05, 0) is 36.0 Å².